The Morgan fingerprint density at radius 2 is 2.14 bits per heavy atom. The molecule has 0 aromatic carbocycles. The zero-order valence-electron chi connectivity index (χ0n) is 3.98. The van der Waals surface area contributed by atoms with Gasteiger partial charge in [0, 0.05) is 20.3 Å². The molecule has 3 heteroatoms. The molecule has 0 bridgehead atoms. The fraction of sp³-hybridized carbons (Fsp3) is 1.00. The van der Waals surface area contributed by atoms with Gasteiger partial charge >= 0.3 is 48.9 Å². The Kier molecular flexibility index (Phi) is 16.9. The summed E-state index contributed by atoms with van der Waals surface area (Å²) in [4.78, 5) is 0. The standard InChI is InChI=1S/C4H10O2.Ba.2H/c1-6-4-2-3-5;;;/h5H,2-4H2,1H3;;;. The summed E-state index contributed by atoms with van der Waals surface area (Å²) in [5.74, 6) is 0. The van der Waals surface area contributed by atoms with Gasteiger partial charge in [0.15, 0.2) is 0 Å². The number of methoxy groups -OCH3 is 1. The van der Waals surface area contributed by atoms with Crippen molar-refractivity contribution in [1.29, 1.82) is 0 Å². The van der Waals surface area contributed by atoms with Gasteiger partial charge in [0.1, 0.15) is 0 Å². The normalized spacial score (nSPS) is 7.71. The summed E-state index contributed by atoms with van der Waals surface area (Å²) in [7, 11) is 1.62. The van der Waals surface area contributed by atoms with Crippen molar-refractivity contribution in [3.05, 3.63) is 0 Å². The minimum atomic E-state index is 0. The molecule has 0 aromatic rings. The van der Waals surface area contributed by atoms with E-state index >= 15 is 0 Å². The number of aliphatic hydroxyl groups excluding tert-OH is 1. The zero-order valence-corrected chi connectivity index (χ0v) is 3.98. The Hall–Kier alpha value is 1.49. The molecule has 0 atom stereocenters. The molecule has 1 N–H and O–H groups in total. The van der Waals surface area contributed by atoms with Crippen molar-refractivity contribution in [3.8, 4) is 0 Å². The second kappa shape index (κ2) is 10.5. The first kappa shape index (κ1) is 11.3. The molecule has 42 valence electrons. The van der Waals surface area contributed by atoms with E-state index in [1.54, 1.807) is 7.11 Å². The number of hydrogen-bond acceptors (Lipinski definition) is 2. The van der Waals surface area contributed by atoms with Crippen molar-refractivity contribution in [2.24, 2.45) is 0 Å². The van der Waals surface area contributed by atoms with Crippen molar-refractivity contribution >= 4 is 48.9 Å². The van der Waals surface area contributed by atoms with Crippen LogP contribution < -0.4 is 0 Å². The van der Waals surface area contributed by atoms with Gasteiger partial charge in [-0.3, -0.25) is 0 Å². The van der Waals surface area contributed by atoms with E-state index in [9.17, 15) is 0 Å². The predicted molar refractivity (Wildman–Crippen MR) is 32.1 cm³/mol. The molecular weight excluding hydrogens is 217 g/mol. The number of ether oxygens (including phenoxy) is 1. The molecule has 2 nitrogen and oxygen atoms in total. The third-order valence-electron chi connectivity index (χ3n) is 0.507. The second-order valence-corrected chi connectivity index (χ2v) is 1.07. The van der Waals surface area contributed by atoms with E-state index in [0.29, 0.717) is 6.61 Å². The van der Waals surface area contributed by atoms with Gasteiger partial charge in [-0.25, -0.2) is 0 Å². The Labute approximate surface area is 84.3 Å². The number of hydrogen-bond donors (Lipinski definition) is 1. The summed E-state index contributed by atoms with van der Waals surface area (Å²) in [5, 5.41) is 8.12. The van der Waals surface area contributed by atoms with E-state index in [2.05, 4.69) is 4.74 Å². The summed E-state index contributed by atoms with van der Waals surface area (Å²) in [5.41, 5.74) is 0. The average Bonchev–Trinajstić information content (AvgIpc) is 1.61. The SMILES string of the molecule is COCCCO.[BaH2]. The van der Waals surface area contributed by atoms with Crippen molar-refractivity contribution in [3.63, 3.8) is 0 Å². The van der Waals surface area contributed by atoms with E-state index < -0.39 is 0 Å². The Balaban J connectivity index is 0. The quantitative estimate of drug-likeness (QED) is 0.502. The molecule has 0 unspecified atom stereocenters. The van der Waals surface area contributed by atoms with Crippen LogP contribution in [0.25, 0.3) is 0 Å². The molecule has 0 aliphatic carbocycles. The first-order valence-corrected chi connectivity index (χ1v) is 2.01. The van der Waals surface area contributed by atoms with Gasteiger partial charge in [-0.2, -0.15) is 0 Å². The molecule has 0 heterocycles. The molecule has 0 aromatic heterocycles. The predicted octanol–water partition coefficient (Wildman–Crippen LogP) is -0.901. The van der Waals surface area contributed by atoms with Crippen LogP contribution in [0.1, 0.15) is 6.42 Å². The molecule has 0 spiro atoms. The van der Waals surface area contributed by atoms with Crippen LogP contribution in [0.4, 0.5) is 0 Å². The molecule has 0 fully saturated rings. The van der Waals surface area contributed by atoms with Crippen LogP contribution >= 0.6 is 0 Å². The van der Waals surface area contributed by atoms with E-state index in [1.807, 2.05) is 0 Å². The molecule has 0 saturated heterocycles. The van der Waals surface area contributed by atoms with Crippen LogP contribution in [0, 0.1) is 0 Å². The monoisotopic (exact) mass is 230 g/mol. The van der Waals surface area contributed by atoms with Gasteiger partial charge in [0.2, 0.25) is 0 Å². The Morgan fingerprint density at radius 1 is 1.57 bits per heavy atom. The topological polar surface area (TPSA) is 29.5 Å². The van der Waals surface area contributed by atoms with Crippen LogP contribution in [-0.4, -0.2) is 74.3 Å². The number of aliphatic hydroxyl groups is 1. The van der Waals surface area contributed by atoms with Crippen LogP contribution in [0.2, 0.25) is 0 Å². The van der Waals surface area contributed by atoms with Gasteiger partial charge in [0.25, 0.3) is 0 Å². The number of rotatable bonds is 3. The van der Waals surface area contributed by atoms with Crippen LogP contribution in [0.5, 0.6) is 0 Å². The third-order valence-corrected chi connectivity index (χ3v) is 0.507. The average molecular weight is 229 g/mol. The van der Waals surface area contributed by atoms with E-state index in [0.717, 1.165) is 6.42 Å². The fourth-order valence-corrected chi connectivity index (χ4v) is 0.209. The van der Waals surface area contributed by atoms with Crippen molar-refractivity contribution in [1.82, 2.24) is 0 Å². The van der Waals surface area contributed by atoms with Gasteiger partial charge < -0.3 is 9.84 Å². The summed E-state index contributed by atoms with van der Waals surface area (Å²) < 4.78 is 4.62. The minimum absolute atomic E-state index is 0. The fourth-order valence-electron chi connectivity index (χ4n) is 0.209. The van der Waals surface area contributed by atoms with Crippen molar-refractivity contribution in [2.45, 2.75) is 6.42 Å². The van der Waals surface area contributed by atoms with Gasteiger partial charge in [0.05, 0.1) is 0 Å². The maximum absolute atomic E-state index is 8.12. The van der Waals surface area contributed by atoms with Crippen LogP contribution in [0.15, 0.2) is 0 Å². The van der Waals surface area contributed by atoms with E-state index in [-0.39, 0.29) is 55.5 Å². The first-order chi connectivity index (χ1) is 2.91. The molecule has 0 amide bonds. The van der Waals surface area contributed by atoms with Gasteiger partial charge in [-0.05, 0) is 6.42 Å². The van der Waals surface area contributed by atoms with Crippen molar-refractivity contribution in [2.75, 3.05) is 20.3 Å². The summed E-state index contributed by atoms with van der Waals surface area (Å²) >= 11 is 0. The molecule has 0 rings (SSSR count). The maximum atomic E-state index is 8.12. The van der Waals surface area contributed by atoms with Crippen LogP contribution in [0.3, 0.4) is 0 Å². The molecule has 7 heavy (non-hydrogen) atoms. The molecular formula is C4H12BaO2. The van der Waals surface area contributed by atoms with Crippen LogP contribution in [-0.2, 0) is 4.74 Å². The zero-order chi connectivity index (χ0) is 4.83. The van der Waals surface area contributed by atoms with Gasteiger partial charge in [-0.1, -0.05) is 0 Å². The summed E-state index contributed by atoms with van der Waals surface area (Å²) in [6, 6.07) is 0. The molecule has 0 aliphatic heterocycles. The van der Waals surface area contributed by atoms with Crippen molar-refractivity contribution < 1.29 is 9.84 Å². The second-order valence-electron chi connectivity index (χ2n) is 1.07. The van der Waals surface area contributed by atoms with E-state index in [4.69, 9.17) is 5.11 Å². The summed E-state index contributed by atoms with van der Waals surface area (Å²) in [6.07, 6.45) is 0.747. The molecule has 0 saturated carbocycles. The molecule has 0 aliphatic rings. The Morgan fingerprint density at radius 3 is 2.29 bits per heavy atom. The molecule has 0 radical (unpaired) electrons. The van der Waals surface area contributed by atoms with E-state index in [1.165, 1.54) is 0 Å². The first-order valence-electron chi connectivity index (χ1n) is 2.01. The Bertz CT molecular complexity index is 21.7. The van der Waals surface area contributed by atoms with Gasteiger partial charge in [-0.15, -0.1) is 0 Å². The third kappa shape index (κ3) is 11.2. The summed E-state index contributed by atoms with van der Waals surface area (Å²) in [6.45, 7) is 0.893.